The van der Waals surface area contributed by atoms with Crippen molar-refractivity contribution in [2.24, 2.45) is 5.41 Å². The zero-order chi connectivity index (χ0) is 14.6. The molecule has 0 aliphatic heterocycles. The molecule has 20 heavy (non-hydrogen) atoms. The zero-order valence-electron chi connectivity index (χ0n) is 11.5. The van der Waals surface area contributed by atoms with E-state index in [1.54, 1.807) is 12.1 Å². The van der Waals surface area contributed by atoms with Gasteiger partial charge in [0.15, 0.2) is 0 Å². The van der Waals surface area contributed by atoms with Gasteiger partial charge in [-0.1, -0.05) is 25.3 Å². The molecule has 0 saturated heterocycles. The molecular formula is C14H21N3O3. The highest BCUT2D eigenvalue weighted by Crippen LogP contribution is 2.37. The smallest absolute Gasteiger partial charge is 0.314 e. The van der Waals surface area contributed by atoms with E-state index in [0.717, 1.165) is 25.7 Å². The zero-order valence-corrected chi connectivity index (χ0v) is 11.5. The first-order valence-corrected chi connectivity index (χ1v) is 6.96. The Bertz CT molecular complexity index is 485. The van der Waals surface area contributed by atoms with Gasteiger partial charge in [0.2, 0.25) is 0 Å². The number of hydrogen-bond donors (Lipinski definition) is 3. The minimum Gasteiger partial charge on any atom is -0.396 e. The molecule has 4 N–H and O–H groups in total. The quantitative estimate of drug-likeness (QED) is 0.437. The summed E-state index contributed by atoms with van der Waals surface area (Å²) in [5.41, 5.74) is 5.99. The van der Waals surface area contributed by atoms with Crippen LogP contribution in [0.15, 0.2) is 18.2 Å². The summed E-state index contributed by atoms with van der Waals surface area (Å²) in [7, 11) is 0. The lowest BCUT2D eigenvalue weighted by molar-refractivity contribution is -0.383. The lowest BCUT2D eigenvalue weighted by Gasteiger charge is -2.35. The number of nitrogens with one attached hydrogen (secondary N) is 1. The predicted molar refractivity (Wildman–Crippen MR) is 78.6 cm³/mol. The van der Waals surface area contributed by atoms with Crippen LogP contribution in [-0.2, 0) is 0 Å². The number of nitrogens with two attached hydrogens (primary N) is 1. The highest BCUT2D eigenvalue weighted by Gasteiger charge is 2.32. The molecule has 0 heterocycles. The van der Waals surface area contributed by atoms with Crippen LogP contribution in [0.2, 0.25) is 0 Å². The van der Waals surface area contributed by atoms with Crippen molar-refractivity contribution in [1.29, 1.82) is 0 Å². The number of aliphatic hydroxyl groups is 1. The normalized spacial score (nSPS) is 17.6. The number of benzene rings is 1. The summed E-state index contributed by atoms with van der Waals surface area (Å²) in [6, 6.07) is 4.87. The van der Waals surface area contributed by atoms with Gasteiger partial charge in [-0.25, -0.2) is 0 Å². The first kappa shape index (κ1) is 14.6. The van der Waals surface area contributed by atoms with Crippen molar-refractivity contribution in [2.45, 2.75) is 32.1 Å². The maximum absolute atomic E-state index is 11.1. The van der Waals surface area contributed by atoms with Gasteiger partial charge in [0.25, 0.3) is 0 Å². The summed E-state index contributed by atoms with van der Waals surface area (Å²) >= 11 is 0. The molecule has 0 atom stereocenters. The van der Waals surface area contributed by atoms with Crippen molar-refractivity contribution in [3.8, 4) is 0 Å². The van der Waals surface area contributed by atoms with Crippen molar-refractivity contribution in [3.05, 3.63) is 28.3 Å². The second-order valence-corrected chi connectivity index (χ2v) is 5.57. The molecule has 1 fully saturated rings. The van der Waals surface area contributed by atoms with Gasteiger partial charge in [-0.15, -0.1) is 0 Å². The largest absolute Gasteiger partial charge is 0.396 e. The number of anilines is 2. The average Bonchev–Trinajstić information content (AvgIpc) is 2.45. The van der Waals surface area contributed by atoms with E-state index in [1.807, 2.05) is 0 Å². The third kappa shape index (κ3) is 3.01. The van der Waals surface area contributed by atoms with E-state index in [1.165, 1.54) is 12.5 Å². The lowest BCUT2D eigenvalue weighted by atomic mass is 9.74. The Hall–Kier alpha value is -1.82. The van der Waals surface area contributed by atoms with E-state index >= 15 is 0 Å². The van der Waals surface area contributed by atoms with Crippen LogP contribution >= 0.6 is 0 Å². The Balaban J connectivity index is 2.14. The number of aliphatic hydroxyl groups excluding tert-OH is 1. The number of rotatable bonds is 5. The highest BCUT2D eigenvalue weighted by atomic mass is 16.6. The fourth-order valence-corrected chi connectivity index (χ4v) is 2.88. The molecular weight excluding hydrogens is 258 g/mol. The van der Waals surface area contributed by atoms with E-state index in [-0.39, 0.29) is 23.4 Å². The summed E-state index contributed by atoms with van der Waals surface area (Å²) in [5, 5.41) is 23.8. The summed E-state index contributed by atoms with van der Waals surface area (Å²) in [4.78, 5) is 10.6. The molecule has 0 aromatic heterocycles. The van der Waals surface area contributed by atoms with E-state index in [0.29, 0.717) is 12.2 Å². The second-order valence-electron chi connectivity index (χ2n) is 5.57. The van der Waals surface area contributed by atoms with Crippen molar-refractivity contribution in [2.75, 3.05) is 24.2 Å². The summed E-state index contributed by atoms with van der Waals surface area (Å²) < 4.78 is 0. The van der Waals surface area contributed by atoms with Crippen LogP contribution in [0.25, 0.3) is 0 Å². The Kier molecular flexibility index (Phi) is 4.44. The number of nitrogens with zero attached hydrogens (tertiary/aromatic N) is 1. The summed E-state index contributed by atoms with van der Waals surface area (Å²) in [6.45, 7) is 0.643. The summed E-state index contributed by atoms with van der Waals surface area (Å²) in [5.74, 6) is 0. The number of hydrogen-bond acceptors (Lipinski definition) is 5. The molecule has 0 spiro atoms. The number of nitro groups is 1. The van der Waals surface area contributed by atoms with Crippen LogP contribution < -0.4 is 11.1 Å². The Labute approximate surface area is 118 Å². The molecule has 0 radical (unpaired) electrons. The van der Waals surface area contributed by atoms with Crippen LogP contribution in [0, 0.1) is 15.5 Å². The van der Waals surface area contributed by atoms with Crippen molar-refractivity contribution in [1.82, 2.24) is 0 Å². The van der Waals surface area contributed by atoms with Gasteiger partial charge in [0, 0.05) is 12.0 Å². The third-order valence-corrected chi connectivity index (χ3v) is 4.15. The van der Waals surface area contributed by atoms with E-state index in [9.17, 15) is 15.2 Å². The van der Waals surface area contributed by atoms with Crippen molar-refractivity contribution >= 4 is 17.1 Å². The third-order valence-electron chi connectivity index (χ3n) is 4.15. The van der Waals surface area contributed by atoms with Gasteiger partial charge in [-0.05, 0) is 25.0 Å². The molecule has 2 rings (SSSR count). The van der Waals surface area contributed by atoms with Gasteiger partial charge in [-0.3, -0.25) is 10.1 Å². The van der Waals surface area contributed by atoms with Gasteiger partial charge >= 0.3 is 5.69 Å². The monoisotopic (exact) mass is 279 g/mol. The number of para-hydroxylation sites is 1. The van der Waals surface area contributed by atoms with Crippen molar-refractivity contribution < 1.29 is 10.0 Å². The molecule has 1 aliphatic rings. The van der Waals surface area contributed by atoms with E-state index in [2.05, 4.69) is 5.32 Å². The molecule has 6 heteroatoms. The van der Waals surface area contributed by atoms with Gasteiger partial charge < -0.3 is 16.2 Å². The fourth-order valence-electron chi connectivity index (χ4n) is 2.88. The van der Waals surface area contributed by atoms with E-state index < -0.39 is 4.92 Å². The first-order valence-electron chi connectivity index (χ1n) is 6.96. The Morgan fingerprint density at radius 1 is 1.35 bits per heavy atom. The van der Waals surface area contributed by atoms with Crippen LogP contribution in [-0.4, -0.2) is 23.2 Å². The fraction of sp³-hybridized carbons (Fsp3) is 0.571. The standard InChI is InChI=1S/C14H21N3O3/c15-11-5-4-6-12(13(11)17(19)20)16-9-14(10-18)7-2-1-3-8-14/h4-6,16,18H,1-3,7-10,15H2. The van der Waals surface area contributed by atoms with Gasteiger partial charge in [0.1, 0.15) is 11.4 Å². The minimum atomic E-state index is -0.468. The first-order chi connectivity index (χ1) is 9.58. The molecule has 6 nitrogen and oxygen atoms in total. The topological polar surface area (TPSA) is 101 Å². The average molecular weight is 279 g/mol. The van der Waals surface area contributed by atoms with Gasteiger partial charge in [0.05, 0.1) is 11.5 Å². The van der Waals surface area contributed by atoms with E-state index in [4.69, 9.17) is 5.73 Å². The molecule has 0 amide bonds. The molecule has 110 valence electrons. The molecule has 1 aromatic rings. The number of nitro benzene ring substituents is 1. The SMILES string of the molecule is Nc1cccc(NCC2(CO)CCCCC2)c1[N+](=O)[O-]. The number of nitrogen functional groups attached to an aromatic ring is 1. The Morgan fingerprint density at radius 3 is 2.65 bits per heavy atom. The van der Waals surface area contributed by atoms with Crippen LogP contribution in [0.3, 0.4) is 0 Å². The molecule has 1 saturated carbocycles. The lowest BCUT2D eigenvalue weighted by Crippen LogP contribution is -2.35. The summed E-state index contributed by atoms with van der Waals surface area (Å²) in [6.07, 6.45) is 5.29. The van der Waals surface area contributed by atoms with Crippen LogP contribution in [0.1, 0.15) is 32.1 Å². The van der Waals surface area contributed by atoms with Crippen molar-refractivity contribution in [3.63, 3.8) is 0 Å². The molecule has 1 aromatic carbocycles. The molecule has 1 aliphatic carbocycles. The Morgan fingerprint density at radius 2 is 2.05 bits per heavy atom. The molecule has 0 unspecified atom stereocenters. The van der Waals surface area contributed by atoms with Crippen LogP contribution in [0.4, 0.5) is 17.1 Å². The minimum absolute atomic E-state index is 0.0867. The maximum Gasteiger partial charge on any atom is 0.314 e. The predicted octanol–water partition coefficient (Wildman–Crippen LogP) is 2.53. The van der Waals surface area contributed by atoms with Gasteiger partial charge in [-0.2, -0.15) is 0 Å². The van der Waals surface area contributed by atoms with Crippen LogP contribution in [0.5, 0.6) is 0 Å². The highest BCUT2D eigenvalue weighted by molar-refractivity contribution is 5.74. The maximum atomic E-state index is 11.1. The molecule has 0 bridgehead atoms. The second kappa shape index (κ2) is 6.09.